The van der Waals surface area contributed by atoms with Crippen LogP contribution in [-0.2, 0) is 4.74 Å². The summed E-state index contributed by atoms with van der Waals surface area (Å²) in [4.78, 5) is 17.7. The normalized spacial score (nSPS) is 16.6. The lowest BCUT2D eigenvalue weighted by Crippen LogP contribution is -2.54. The molecule has 4 heterocycles. The number of fused-ring (bicyclic) bond motifs is 1. The van der Waals surface area contributed by atoms with Crippen LogP contribution in [0.25, 0.3) is 16.8 Å². The first kappa shape index (κ1) is 17.7. The summed E-state index contributed by atoms with van der Waals surface area (Å²) in [5.41, 5.74) is 2.28. The maximum Gasteiger partial charge on any atom is 0.288 e. The van der Waals surface area contributed by atoms with Crippen LogP contribution in [-0.4, -0.2) is 50.9 Å². The number of rotatable bonds is 4. The van der Waals surface area contributed by atoms with Crippen LogP contribution in [0.15, 0.2) is 28.9 Å². The Hall–Kier alpha value is -2.71. The monoisotopic (exact) mass is 370 g/mol. The summed E-state index contributed by atoms with van der Waals surface area (Å²) in [7, 11) is 0. The first-order valence-corrected chi connectivity index (χ1v) is 8.96. The number of carbonyl (C=O) groups is 1. The smallest absolute Gasteiger partial charge is 0.288 e. The Morgan fingerprint density at radius 1 is 1.33 bits per heavy atom. The largest absolute Gasteiger partial charge is 0.394 e. The molecule has 2 N–H and O–H groups in total. The van der Waals surface area contributed by atoms with Gasteiger partial charge in [0.1, 0.15) is 11.5 Å². The zero-order chi connectivity index (χ0) is 19.0. The van der Waals surface area contributed by atoms with Gasteiger partial charge in [-0.1, -0.05) is 11.2 Å². The van der Waals surface area contributed by atoms with Gasteiger partial charge < -0.3 is 19.7 Å². The number of aromatic nitrogens is 3. The summed E-state index contributed by atoms with van der Waals surface area (Å²) >= 11 is 0. The van der Waals surface area contributed by atoms with E-state index in [0.29, 0.717) is 37.5 Å². The van der Waals surface area contributed by atoms with Crippen molar-refractivity contribution in [3.05, 3.63) is 41.7 Å². The Morgan fingerprint density at radius 2 is 2.11 bits per heavy atom. The minimum absolute atomic E-state index is 0.137. The van der Waals surface area contributed by atoms with Gasteiger partial charge >= 0.3 is 0 Å². The van der Waals surface area contributed by atoms with Gasteiger partial charge in [0.25, 0.3) is 5.91 Å². The van der Waals surface area contributed by atoms with Gasteiger partial charge in [-0.15, -0.1) is 0 Å². The highest BCUT2D eigenvalue weighted by molar-refractivity contribution is 5.95. The summed E-state index contributed by atoms with van der Waals surface area (Å²) in [6, 6.07) is 5.65. The molecule has 0 bridgehead atoms. The molecule has 4 rings (SSSR count). The molecule has 8 heteroatoms. The number of ether oxygens (including phenoxy) is 1. The Kier molecular flexibility index (Phi) is 4.45. The van der Waals surface area contributed by atoms with Crippen LogP contribution in [0, 0.1) is 13.8 Å². The van der Waals surface area contributed by atoms with E-state index in [-0.39, 0.29) is 18.3 Å². The van der Waals surface area contributed by atoms with Crippen molar-refractivity contribution in [2.45, 2.75) is 32.2 Å². The van der Waals surface area contributed by atoms with Crippen LogP contribution < -0.4 is 5.32 Å². The molecule has 0 unspecified atom stereocenters. The van der Waals surface area contributed by atoms with Gasteiger partial charge in [-0.05, 0) is 38.8 Å². The molecule has 142 valence electrons. The zero-order valence-corrected chi connectivity index (χ0v) is 15.4. The quantitative estimate of drug-likeness (QED) is 0.727. The maximum absolute atomic E-state index is 13.1. The molecule has 27 heavy (non-hydrogen) atoms. The topological polar surface area (TPSA) is 102 Å². The van der Waals surface area contributed by atoms with Crippen molar-refractivity contribution in [3.63, 3.8) is 0 Å². The molecule has 3 aromatic heterocycles. The van der Waals surface area contributed by atoms with Crippen molar-refractivity contribution < 1.29 is 19.2 Å². The number of hydrogen-bond acceptors (Lipinski definition) is 6. The average molecular weight is 370 g/mol. The number of aliphatic hydroxyl groups is 1. The van der Waals surface area contributed by atoms with Crippen LogP contribution in [0.1, 0.15) is 34.9 Å². The third-order valence-corrected chi connectivity index (χ3v) is 5.15. The number of imidazole rings is 1. The van der Waals surface area contributed by atoms with Crippen LogP contribution >= 0.6 is 0 Å². The van der Waals surface area contributed by atoms with Gasteiger partial charge in [-0.25, -0.2) is 4.98 Å². The molecule has 8 nitrogen and oxygen atoms in total. The van der Waals surface area contributed by atoms with Crippen molar-refractivity contribution in [2.75, 3.05) is 19.8 Å². The third kappa shape index (κ3) is 3.00. The fraction of sp³-hybridized carbons (Fsp3) is 0.421. The Morgan fingerprint density at radius 3 is 2.78 bits per heavy atom. The van der Waals surface area contributed by atoms with Crippen LogP contribution in [0.2, 0.25) is 0 Å². The van der Waals surface area contributed by atoms with E-state index in [1.165, 1.54) is 0 Å². The van der Waals surface area contributed by atoms with E-state index < -0.39 is 5.54 Å². The number of hydrogen-bond donors (Lipinski definition) is 2. The summed E-state index contributed by atoms with van der Waals surface area (Å²) in [5, 5.41) is 16.8. The third-order valence-electron chi connectivity index (χ3n) is 5.15. The highest BCUT2D eigenvalue weighted by atomic mass is 16.5. The van der Waals surface area contributed by atoms with Crippen molar-refractivity contribution >= 4 is 11.4 Å². The molecule has 1 amide bonds. The Labute approximate surface area is 156 Å². The fourth-order valence-electron chi connectivity index (χ4n) is 3.58. The summed E-state index contributed by atoms with van der Waals surface area (Å²) in [6.45, 7) is 4.55. The van der Waals surface area contributed by atoms with Crippen molar-refractivity contribution in [3.8, 4) is 11.3 Å². The summed E-state index contributed by atoms with van der Waals surface area (Å²) in [6.07, 6.45) is 2.93. The number of pyridine rings is 1. The minimum atomic E-state index is -0.681. The lowest BCUT2D eigenvalue weighted by atomic mass is 9.91. The number of aryl methyl sites for hydroxylation is 2. The lowest BCUT2D eigenvalue weighted by Gasteiger charge is -2.36. The van der Waals surface area contributed by atoms with Gasteiger partial charge in [-0.3, -0.25) is 9.20 Å². The van der Waals surface area contributed by atoms with E-state index in [9.17, 15) is 9.90 Å². The van der Waals surface area contributed by atoms with Gasteiger partial charge in [0.15, 0.2) is 0 Å². The number of amides is 1. The number of aliphatic hydroxyl groups excluding tert-OH is 1. The minimum Gasteiger partial charge on any atom is -0.394 e. The lowest BCUT2D eigenvalue weighted by molar-refractivity contribution is 0.0123. The molecular weight excluding hydrogens is 348 g/mol. The molecule has 0 radical (unpaired) electrons. The van der Waals surface area contributed by atoms with Crippen LogP contribution in [0.3, 0.4) is 0 Å². The highest BCUT2D eigenvalue weighted by Crippen LogP contribution is 2.30. The SMILES string of the molecule is Cc1noc(C)c1-c1nc(C(=O)NC2(CO)CCOCC2)n2ccccc12. The van der Waals surface area contributed by atoms with E-state index in [4.69, 9.17) is 9.26 Å². The highest BCUT2D eigenvalue weighted by Gasteiger charge is 2.35. The molecule has 0 aliphatic carbocycles. The second-order valence-electron chi connectivity index (χ2n) is 6.94. The fourth-order valence-corrected chi connectivity index (χ4v) is 3.58. The van der Waals surface area contributed by atoms with E-state index in [1.807, 2.05) is 32.0 Å². The standard InChI is InChI=1S/C19H22N4O4/c1-12-15(13(2)27-22-12)16-14-5-3-4-8-23(14)17(20-16)18(25)21-19(11-24)6-9-26-10-7-19/h3-5,8,24H,6-7,9-11H2,1-2H3,(H,21,25). The van der Waals surface area contributed by atoms with Crippen molar-refractivity contribution in [1.82, 2.24) is 19.9 Å². The number of nitrogens with one attached hydrogen (secondary N) is 1. The second kappa shape index (κ2) is 6.79. The van der Waals surface area contributed by atoms with Crippen LogP contribution in [0.4, 0.5) is 0 Å². The molecule has 3 aromatic rings. The molecule has 0 aromatic carbocycles. The molecule has 0 spiro atoms. The molecule has 1 saturated heterocycles. The van der Waals surface area contributed by atoms with Crippen molar-refractivity contribution in [1.29, 1.82) is 0 Å². The maximum atomic E-state index is 13.1. The Bertz CT molecular complexity index is 965. The molecule has 1 aliphatic rings. The average Bonchev–Trinajstić information content (AvgIpc) is 3.22. The van der Waals surface area contributed by atoms with Crippen molar-refractivity contribution in [2.24, 2.45) is 0 Å². The van der Waals surface area contributed by atoms with Gasteiger partial charge in [0.05, 0.1) is 28.9 Å². The molecule has 1 fully saturated rings. The van der Waals surface area contributed by atoms with Crippen LogP contribution in [0.5, 0.6) is 0 Å². The van der Waals surface area contributed by atoms with Gasteiger partial charge in [0.2, 0.25) is 5.82 Å². The van der Waals surface area contributed by atoms with E-state index in [1.54, 1.807) is 10.6 Å². The second-order valence-corrected chi connectivity index (χ2v) is 6.94. The molecule has 0 saturated carbocycles. The first-order chi connectivity index (χ1) is 13.0. The van der Waals surface area contributed by atoms with E-state index in [0.717, 1.165) is 16.8 Å². The predicted octanol–water partition coefficient (Wildman–Crippen LogP) is 1.88. The molecule has 1 aliphatic heterocycles. The number of nitrogens with zero attached hydrogens (tertiary/aromatic N) is 3. The summed E-state index contributed by atoms with van der Waals surface area (Å²) in [5.74, 6) is 0.588. The zero-order valence-electron chi connectivity index (χ0n) is 15.4. The summed E-state index contributed by atoms with van der Waals surface area (Å²) < 4.78 is 12.4. The van der Waals surface area contributed by atoms with Gasteiger partial charge in [0, 0.05) is 19.4 Å². The van der Waals surface area contributed by atoms with E-state index >= 15 is 0 Å². The predicted molar refractivity (Wildman–Crippen MR) is 97.5 cm³/mol. The van der Waals surface area contributed by atoms with E-state index in [2.05, 4.69) is 15.5 Å². The molecular formula is C19H22N4O4. The Balaban J connectivity index is 1.77. The molecule has 0 atom stereocenters. The number of carbonyl (C=O) groups excluding carboxylic acids is 1. The first-order valence-electron chi connectivity index (χ1n) is 8.96. The van der Waals surface area contributed by atoms with Gasteiger partial charge in [-0.2, -0.15) is 0 Å².